The van der Waals surface area contributed by atoms with E-state index in [1.165, 1.54) is 6.92 Å². The molecule has 1 aromatic rings. The van der Waals surface area contributed by atoms with Crippen molar-refractivity contribution in [3.8, 4) is 0 Å². The van der Waals surface area contributed by atoms with Crippen molar-refractivity contribution in [1.29, 1.82) is 0 Å². The van der Waals surface area contributed by atoms with Crippen molar-refractivity contribution < 1.29 is 14.4 Å². The highest BCUT2D eigenvalue weighted by molar-refractivity contribution is 5.73. The van der Waals surface area contributed by atoms with E-state index in [2.05, 4.69) is 33.4 Å². The number of aliphatic hydroxyl groups is 1. The predicted octanol–water partition coefficient (Wildman–Crippen LogP) is 1.08. The van der Waals surface area contributed by atoms with E-state index in [9.17, 15) is 9.90 Å². The molecule has 3 N–H and O–H groups in total. The van der Waals surface area contributed by atoms with E-state index in [0.717, 1.165) is 24.1 Å². The van der Waals surface area contributed by atoms with Crippen LogP contribution in [0.15, 0.2) is 34.9 Å². The van der Waals surface area contributed by atoms with Crippen LogP contribution >= 0.6 is 0 Å². The minimum Gasteiger partial charge on any atom is -0.394 e. The van der Waals surface area contributed by atoms with Crippen LogP contribution in [-0.4, -0.2) is 34.3 Å². The lowest BCUT2D eigenvalue weighted by Gasteiger charge is -2.09. The first-order valence-electron chi connectivity index (χ1n) is 7.11. The number of allylic oxidation sites excluding steroid dienone is 2. The van der Waals surface area contributed by atoms with Crippen molar-refractivity contribution in [2.45, 2.75) is 25.8 Å². The number of unbranched alkanes of at least 4 members (excludes halogenated alkanes) is 1. The zero-order valence-electron chi connectivity index (χ0n) is 12.5. The summed E-state index contributed by atoms with van der Waals surface area (Å²) in [7, 11) is 0. The normalized spacial score (nSPS) is 17.0. The summed E-state index contributed by atoms with van der Waals surface area (Å²) in [6, 6.07) is -0.691. The van der Waals surface area contributed by atoms with Gasteiger partial charge in [-0.15, -0.1) is 6.58 Å². The number of rotatable bonds is 7. The molecule has 1 aliphatic rings. The van der Waals surface area contributed by atoms with E-state index in [1.807, 2.05) is 12.2 Å². The molecule has 0 aromatic carbocycles. The summed E-state index contributed by atoms with van der Waals surface area (Å²) in [6.07, 6.45) is 7.86. The van der Waals surface area contributed by atoms with Crippen molar-refractivity contribution in [2.24, 2.45) is 0 Å². The second-order valence-electron chi connectivity index (χ2n) is 4.95. The van der Waals surface area contributed by atoms with Crippen LogP contribution in [0.2, 0.25) is 0 Å². The van der Waals surface area contributed by atoms with E-state index in [0.29, 0.717) is 12.4 Å². The Hall–Kier alpha value is -2.41. The second-order valence-corrected chi connectivity index (χ2v) is 4.95. The first-order chi connectivity index (χ1) is 10.6. The molecule has 118 valence electrons. The van der Waals surface area contributed by atoms with Crippen molar-refractivity contribution in [3.63, 3.8) is 0 Å². The van der Waals surface area contributed by atoms with Crippen LogP contribution in [0, 0.1) is 0 Å². The number of nitrogens with one attached hydrogen (secondary N) is 2. The van der Waals surface area contributed by atoms with Gasteiger partial charge in [-0.25, -0.2) is 0 Å². The number of nitrogens with zero attached hydrogens (tertiary/aromatic N) is 2. The Morgan fingerprint density at radius 3 is 3.14 bits per heavy atom. The Morgan fingerprint density at radius 2 is 2.45 bits per heavy atom. The second kappa shape index (κ2) is 7.56. The molecule has 22 heavy (non-hydrogen) atoms. The maximum absolute atomic E-state index is 11.1. The van der Waals surface area contributed by atoms with E-state index in [4.69, 9.17) is 4.52 Å². The van der Waals surface area contributed by atoms with Gasteiger partial charge in [0.2, 0.25) is 11.7 Å². The maximum atomic E-state index is 11.1. The predicted molar refractivity (Wildman–Crippen MR) is 81.4 cm³/mol. The topological polar surface area (TPSA) is 100 Å². The highest BCUT2D eigenvalue weighted by Gasteiger charge is 2.22. The molecule has 0 saturated carbocycles. The lowest BCUT2D eigenvalue weighted by atomic mass is 10.2. The standard InChI is InChI=1S/C15H20N4O3/c1-3-4-5-6-11-7-12(16-8-11)14-18-15(22-19-14)13(9-20)17-10(2)21/h3,6-7,13,16,20H,1,4-5,8-9H2,2H3,(H,17,21)/b11-6-/t13-/m0/s1. The molecule has 0 unspecified atom stereocenters. The van der Waals surface area contributed by atoms with Gasteiger partial charge in [0, 0.05) is 13.5 Å². The van der Waals surface area contributed by atoms with Crippen LogP contribution < -0.4 is 10.6 Å². The molecule has 2 rings (SSSR count). The molecule has 0 bridgehead atoms. The molecule has 1 amide bonds. The fourth-order valence-corrected chi connectivity index (χ4v) is 2.06. The lowest BCUT2D eigenvalue weighted by molar-refractivity contribution is -0.120. The van der Waals surface area contributed by atoms with E-state index in [-0.39, 0.29) is 18.4 Å². The Balaban J connectivity index is 2.08. The SMILES string of the molecule is C=CCC/C=C1/C=C(c2noc([C@H](CO)NC(C)=O)n2)NC1. The summed E-state index contributed by atoms with van der Waals surface area (Å²) in [5, 5.41) is 18.9. The highest BCUT2D eigenvalue weighted by atomic mass is 16.5. The Labute approximate surface area is 128 Å². The summed E-state index contributed by atoms with van der Waals surface area (Å²) in [5.41, 5.74) is 1.92. The van der Waals surface area contributed by atoms with Gasteiger partial charge in [0.05, 0.1) is 12.3 Å². The summed E-state index contributed by atoms with van der Waals surface area (Å²) in [6.45, 7) is 5.46. The zero-order valence-corrected chi connectivity index (χ0v) is 12.5. The van der Waals surface area contributed by atoms with E-state index >= 15 is 0 Å². The smallest absolute Gasteiger partial charge is 0.251 e. The molecule has 0 spiro atoms. The molecule has 1 aliphatic heterocycles. The summed E-state index contributed by atoms with van der Waals surface area (Å²) < 4.78 is 5.12. The molecule has 0 fully saturated rings. The lowest BCUT2D eigenvalue weighted by Crippen LogP contribution is -2.28. The molecule has 1 atom stereocenters. The van der Waals surface area contributed by atoms with Crippen molar-refractivity contribution in [3.05, 3.63) is 42.1 Å². The summed E-state index contributed by atoms with van der Waals surface area (Å²) >= 11 is 0. The van der Waals surface area contributed by atoms with E-state index in [1.54, 1.807) is 0 Å². The van der Waals surface area contributed by atoms with Gasteiger partial charge in [-0.1, -0.05) is 17.3 Å². The monoisotopic (exact) mass is 304 g/mol. The third-order valence-corrected chi connectivity index (χ3v) is 3.13. The number of hydrogen-bond donors (Lipinski definition) is 3. The maximum Gasteiger partial charge on any atom is 0.251 e. The number of aromatic nitrogens is 2. The molecule has 7 nitrogen and oxygen atoms in total. The van der Waals surface area contributed by atoms with Crippen LogP contribution in [0.3, 0.4) is 0 Å². The average Bonchev–Trinajstić information content (AvgIpc) is 3.13. The van der Waals surface area contributed by atoms with Crippen LogP contribution in [0.5, 0.6) is 0 Å². The number of carbonyl (C=O) groups excluding carboxylic acids is 1. The molecule has 7 heteroatoms. The molecule has 0 aliphatic carbocycles. The Morgan fingerprint density at radius 1 is 1.64 bits per heavy atom. The summed E-state index contributed by atoms with van der Waals surface area (Å²) in [4.78, 5) is 15.3. The van der Waals surface area contributed by atoms with Gasteiger partial charge in [-0.05, 0) is 24.5 Å². The number of aliphatic hydroxyl groups excluding tert-OH is 1. The first kappa shape index (κ1) is 16.0. The Bertz CT molecular complexity index is 604. The molecule has 2 heterocycles. The van der Waals surface area contributed by atoms with Gasteiger partial charge >= 0.3 is 0 Å². The number of carbonyl (C=O) groups is 1. The molecular weight excluding hydrogens is 284 g/mol. The van der Waals surface area contributed by atoms with Crippen molar-refractivity contribution in [2.75, 3.05) is 13.2 Å². The number of amides is 1. The quantitative estimate of drug-likeness (QED) is 0.515. The summed E-state index contributed by atoms with van der Waals surface area (Å²) in [5.74, 6) is 0.315. The van der Waals surface area contributed by atoms with Gasteiger partial charge in [-0.2, -0.15) is 4.98 Å². The number of hydrogen-bond acceptors (Lipinski definition) is 6. The molecule has 0 radical (unpaired) electrons. The average molecular weight is 304 g/mol. The van der Waals surface area contributed by atoms with Gasteiger partial charge in [0.15, 0.2) is 0 Å². The third-order valence-electron chi connectivity index (χ3n) is 3.13. The molecular formula is C15H20N4O3. The highest BCUT2D eigenvalue weighted by Crippen LogP contribution is 2.19. The van der Waals surface area contributed by atoms with Gasteiger partial charge in [-0.3, -0.25) is 4.79 Å². The van der Waals surface area contributed by atoms with Crippen molar-refractivity contribution in [1.82, 2.24) is 20.8 Å². The first-order valence-corrected chi connectivity index (χ1v) is 7.11. The van der Waals surface area contributed by atoms with E-state index < -0.39 is 6.04 Å². The third kappa shape index (κ3) is 4.05. The van der Waals surface area contributed by atoms with Crippen LogP contribution in [0.25, 0.3) is 5.70 Å². The Kier molecular flexibility index (Phi) is 5.48. The van der Waals surface area contributed by atoms with Crippen LogP contribution in [-0.2, 0) is 4.79 Å². The van der Waals surface area contributed by atoms with Gasteiger partial charge in [0.25, 0.3) is 5.89 Å². The van der Waals surface area contributed by atoms with Crippen molar-refractivity contribution >= 4 is 11.6 Å². The molecule has 1 aromatic heterocycles. The minimum absolute atomic E-state index is 0.180. The fraction of sp³-hybridized carbons (Fsp3) is 0.400. The fourth-order valence-electron chi connectivity index (χ4n) is 2.06. The minimum atomic E-state index is -0.691. The van der Waals surface area contributed by atoms with Gasteiger partial charge < -0.3 is 20.3 Å². The van der Waals surface area contributed by atoms with Crippen LogP contribution in [0.1, 0.15) is 37.5 Å². The molecule has 0 saturated heterocycles. The van der Waals surface area contributed by atoms with Crippen LogP contribution in [0.4, 0.5) is 0 Å². The van der Waals surface area contributed by atoms with Gasteiger partial charge in [0.1, 0.15) is 6.04 Å². The zero-order chi connectivity index (χ0) is 15.9. The largest absolute Gasteiger partial charge is 0.394 e.